The van der Waals surface area contributed by atoms with Crippen LogP contribution in [0.15, 0.2) is 29.4 Å². The zero-order valence-corrected chi connectivity index (χ0v) is 12.8. The molecule has 3 rings (SSSR count). The smallest absolute Gasteiger partial charge is 0.225 e. The molecule has 1 fully saturated rings. The second-order valence-corrected chi connectivity index (χ2v) is 5.62. The van der Waals surface area contributed by atoms with E-state index in [1.165, 1.54) is 0 Å². The SMILES string of the molecule is Cc1cncnc1N1CCN(c2ncc(Br)cn2)CC1. The fraction of sp³-hybridized carbons (Fsp3) is 0.385. The Kier molecular flexibility index (Phi) is 3.77. The number of piperazine rings is 1. The molecule has 1 aliphatic heterocycles. The maximum absolute atomic E-state index is 4.37. The molecule has 20 heavy (non-hydrogen) atoms. The number of rotatable bonds is 2. The third-order valence-corrected chi connectivity index (χ3v) is 3.75. The first-order valence-electron chi connectivity index (χ1n) is 6.48. The van der Waals surface area contributed by atoms with E-state index in [0.717, 1.165) is 48.0 Å². The van der Waals surface area contributed by atoms with E-state index in [2.05, 4.69) is 45.7 Å². The van der Waals surface area contributed by atoms with Crippen LogP contribution in [-0.4, -0.2) is 46.1 Å². The van der Waals surface area contributed by atoms with Gasteiger partial charge < -0.3 is 9.80 Å². The van der Waals surface area contributed by atoms with Crippen LogP contribution in [0, 0.1) is 6.92 Å². The van der Waals surface area contributed by atoms with Crippen molar-refractivity contribution >= 4 is 27.7 Å². The fourth-order valence-corrected chi connectivity index (χ4v) is 2.52. The van der Waals surface area contributed by atoms with Gasteiger partial charge >= 0.3 is 0 Å². The van der Waals surface area contributed by atoms with Gasteiger partial charge in [-0.1, -0.05) is 0 Å². The maximum Gasteiger partial charge on any atom is 0.225 e. The van der Waals surface area contributed by atoms with Gasteiger partial charge in [0.15, 0.2) is 0 Å². The third kappa shape index (κ3) is 2.72. The first-order valence-corrected chi connectivity index (χ1v) is 7.27. The zero-order chi connectivity index (χ0) is 13.9. The van der Waals surface area contributed by atoms with Crippen molar-refractivity contribution in [3.8, 4) is 0 Å². The lowest BCUT2D eigenvalue weighted by atomic mass is 10.2. The second-order valence-electron chi connectivity index (χ2n) is 4.70. The molecule has 0 atom stereocenters. The van der Waals surface area contributed by atoms with E-state index in [9.17, 15) is 0 Å². The Morgan fingerprint density at radius 2 is 1.60 bits per heavy atom. The fourth-order valence-electron chi connectivity index (χ4n) is 2.31. The molecule has 0 spiro atoms. The van der Waals surface area contributed by atoms with Crippen LogP contribution in [0.1, 0.15) is 5.56 Å². The molecule has 6 nitrogen and oxygen atoms in total. The summed E-state index contributed by atoms with van der Waals surface area (Å²) in [6.07, 6.45) is 7.02. The molecule has 0 amide bonds. The lowest BCUT2D eigenvalue weighted by Gasteiger charge is -2.35. The van der Waals surface area contributed by atoms with Crippen molar-refractivity contribution in [1.29, 1.82) is 0 Å². The molecule has 1 saturated heterocycles. The molecular formula is C13H15BrN6. The van der Waals surface area contributed by atoms with Crippen LogP contribution in [0.4, 0.5) is 11.8 Å². The van der Waals surface area contributed by atoms with Crippen molar-refractivity contribution in [2.75, 3.05) is 36.0 Å². The van der Waals surface area contributed by atoms with Crippen molar-refractivity contribution in [2.24, 2.45) is 0 Å². The first-order chi connectivity index (χ1) is 9.74. The van der Waals surface area contributed by atoms with Gasteiger partial charge in [-0.3, -0.25) is 0 Å². The van der Waals surface area contributed by atoms with E-state index in [1.54, 1.807) is 18.7 Å². The Morgan fingerprint density at radius 1 is 0.950 bits per heavy atom. The molecule has 0 aliphatic carbocycles. The highest BCUT2D eigenvalue weighted by Crippen LogP contribution is 2.19. The number of anilines is 2. The third-order valence-electron chi connectivity index (χ3n) is 3.34. The summed E-state index contributed by atoms with van der Waals surface area (Å²) in [7, 11) is 0. The molecule has 0 unspecified atom stereocenters. The molecule has 0 radical (unpaired) electrons. The number of aryl methyl sites for hydroxylation is 1. The molecule has 1 aliphatic rings. The lowest BCUT2D eigenvalue weighted by Crippen LogP contribution is -2.47. The number of hydrogen-bond donors (Lipinski definition) is 0. The maximum atomic E-state index is 4.37. The minimum atomic E-state index is 0.784. The largest absolute Gasteiger partial charge is 0.353 e. The number of nitrogens with zero attached hydrogens (tertiary/aromatic N) is 6. The van der Waals surface area contributed by atoms with Crippen molar-refractivity contribution in [1.82, 2.24) is 19.9 Å². The Morgan fingerprint density at radius 3 is 2.25 bits per heavy atom. The topological polar surface area (TPSA) is 58.0 Å². The summed E-state index contributed by atoms with van der Waals surface area (Å²) >= 11 is 3.35. The van der Waals surface area contributed by atoms with Crippen LogP contribution < -0.4 is 9.80 Å². The van der Waals surface area contributed by atoms with Crippen LogP contribution in [-0.2, 0) is 0 Å². The molecule has 104 valence electrons. The standard InChI is InChI=1S/C13H15BrN6/c1-10-6-15-9-18-12(10)19-2-4-20(5-3-19)13-16-7-11(14)8-17-13/h6-9H,2-5H2,1H3. The Labute approximate surface area is 126 Å². The van der Waals surface area contributed by atoms with Gasteiger partial charge in [-0.2, -0.15) is 0 Å². The van der Waals surface area contributed by atoms with Gasteiger partial charge in [0.2, 0.25) is 5.95 Å². The van der Waals surface area contributed by atoms with Gasteiger partial charge in [0.25, 0.3) is 0 Å². The zero-order valence-electron chi connectivity index (χ0n) is 11.2. The second kappa shape index (κ2) is 5.70. The van der Waals surface area contributed by atoms with Crippen molar-refractivity contribution < 1.29 is 0 Å². The van der Waals surface area contributed by atoms with Gasteiger partial charge in [0.1, 0.15) is 12.1 Å². The Hall–Kier alpha value is -1.76. The predicted octanol–water partition coefficient (Wildman–Crippen LogP) is 1.66. The minimum Gasteiger partial charge on any atom is -0.353 e. The summed E-state index contributed by atoms with van der Waals surface area (Å²) in [6.45, 7) is 5.66. The van der Waals surface area contributed by atoms with Crippen molar-refractivity contribution in [3.05, 3.63) is 35.0 Å². The summed E-state index contributed by atoms with van der Waals surface area (Å²) in [4.78, 5) is 21.6. The molecule has 0 aromatic carbocycles. The highest BCUT2D eigenvalue weighted by atomic mass is 79.9. The van der Waals surface area contributed by atoms with Gasteiger partial charge in [-0.15, -0.1) is 0 Å². The van der Waals surface area contributed by atoms with Gasteiger partial charge in [0, 0.05) is 50.3 Å². The number of hydrogen-bond acceptors (Lipinski definition) is 6. The molecule has 0 saturated carbocycles. The van der Waals surface area contributed by atoms with Gasteiger partial charge in [0.05, 0.1) is 4.47 Å². The van der Waals surface area contributed by atoms with Crippen molar-refractivity contribution in [3.63, 3.8) is 0 Å². The summed E-state index contributed by atoms with van der Waals surface area (Å²) in [5.41, 5.74) is 1.11. The molecule has 7 heteroatoms. The highest BCUT2D eigenvalue weighted by molar-refractivity contribution is 9.10. The van der Waals surface area contributed by atoms with Crippen LogP contribution in [0.3, 0.4) is 0 Å². The van der Waals surface area contributed by atoms with E-state index in [0.29, 0.717) is 0 Å². The first kappa shape index (κ1) is 13.2. The van der Waals surface area contributed by atoms with E-state index in [4.69, 9.17) is 0 Å². The molecular weight excluding hydrogens is 320 g/mol. The van der Waals surface area contributed by atoms with E-state index in [-0.39, 0.29) is 0 Å². The van der Waals surface area contributed by atoms with Crippen LogP contribution in [0.2, 0.25) is 0 Å². The molecule has 0 N–H and O–H groups in total. The summed E-state index contributed by atoms with van der Waals surface area (Å²) < 4.78 is 0.900. The highest BCUT2D eigenvalue weighted by Gasteiger charge is 2.20. The number of halogens is 1. The lowest BCUT2D eigenvalue weighted by molar-refractivity contribution is 0.632. The van der Waals surface area contributed by atoms with Crippen LogP contribution in [0.5, 0.6) is 0 Å². The summed E-state index contributed by atoms with van der Waals surface area (Å²) in [5, 5.41) is 0. The molecule has 2 aromatic rings. The molecule has 2 aromatic heterocycles. The van der Waals surface area contributed by atoms with E-state index < -0.39 is 0 Å². The van der Waals surface area contributed by atoms with E-state index >= 15 is 0 Å². The normalized spacial score (nSPS) is 15.5. The van der Waals surface area contributed by atoms with Crippen molar-refractivity contribution in [2.45, 2.75) is 6.92 Å². The van der Waals surface area contributed by atoms with Gasteiger partial charge in [-0.05, 0) is 22.9 Å². The molecule has 3 heterocycles. The van der Waals surface area contributed by atoms with Crippen LogP contribution >= 0.6 is 15.9 Å². The number of aromatic nitrogens is 4. The summed E-state index contributed by atoms with van der Waals surface area (Å²) in [5.74, 6) is 1.81. The minimum absolute atomic E-state index is 0.784. The monoisotopic (exact) mass is 334 g/mol. The average molecular weight is 335 g/mol. The Bertz CT molecular complexity index is 580. The molecule has 0 bridgehead atoms. The van der Waals surface area contributed by atoms with Crippen LogP contribution in [0.25, 0.3) is 0 Å². The quantitative estimate of drug-likeness (QED) is 0.832. The van der Waals surface area contributed by atoms with E-state index in [1.807, 2.05) is 13.1 Å². The average Bonchev–Trinajstić information content (AvgIpc) is 2.49. The van der Waals surface area contributed by atoms with Gasteiger partial charge in [-0.25, -0.2) is 19.9 Å². The predicted molar refractivity (Wildman–Crippen MR) is 80.9 cm³/mol. The Balaban J connectivity index is 1.68. The summed E-state index contributed by atoms with van der Waals surface area (Å²) in [6, 6.07) is 0.